The van der Waals surface area contributed by atoms with Crippen LogP contribution in [-0.4, -0.2) is 5.11 Å². The zero-order valence-corrected chi connectivity index (χ0v) is 11.2. The Bertz CT molecular complexity index is 566. The average molecular weight is 262 g/mol. The van der Waals surface area contributed by atoms with Crippen molar-refractivity contribution >= 4 is 11.6 Å². The van der Waals surface area contributed by atoms with Gasteiger partial charge in [-0.05, 0) is 36.6 Å². The Morgan fingerprint density at radius 1 is 1.17 bits per heavy atom. The molecule has 3 N–H and O–H groups in total. The second-order valence-electron chi connectivity index (χ2n) is 4.45. The highest BCUT2D eigenvalue weighted by atomic mass is 35.5. The molecule has 18 heavy (non-hydrogen) atoms. The van der Waals surface area contributed by atoms with Crippen molar-refractivity contribution < 1.29 is 5.11 Å². The number of aryl methyl sites for hydroxylation is 1. The summed E-state index contributed by atoms with van der Waals surface area (Å²) in [5.74, 6) is 0.200. The Hall–Kier alpha value is -1.51. The third-order valence-corrected chi connectivity index (χ3v) is 3.76. The number of phenolic OH excluding ortho intramolecular Hbond substituents is 1. The third-order valence-electron chi connectivity index (χ3n) is 3.18. The summed E-state index contributed by atoms with van der Waals surface area (Å²) in [6, 6.07) is 11.0. The van der Waals surface area contributed by atoms with Gasteiger partial charge < -0.3 is 10.8 Å². The first-order chi connectivity index (χ1) is 8.52. The largest absolute Gasteiger partial charge is 0.508 e. The van der Waals surface area contributed by atoms with Crippen molar-refractivity contribution in [3.05, 3.63) is 63.7 Å². The van der Waals surface area contributed by atoms with Crippen LogP contribution < -0.4 is 5.73 Å². The van der Waals surface area contributed by atoms with E-state index in [0.29, 0.717) is 10.6 Å². The van der Waals surface area contributed by atoms with Gasteiger partial charge in [-0.1, -0.05) is 41.9 Å². The van der Waals surface area contributed by atoms with Crippen molar-refractivity contribution in [2.75, 3.05) is 0 Å². The van der Waals surface area contributed by atoms with Gasteiger partial charge in [-0.2, -0.15) is 0 Å². The van der Waals surface area contributed by atoms with Crippen molar-refractivity contribution in [2.45, 2.75) is 19.9 Å². The molecule has 0 spiro atoms. The Balaban J connectivity index is 2.55. The van der Waals surface area contributed by atoms with Gasteiger partial charge in [-0.3, -0.25) is 0 Å². The Kier molecular flexibility index (Phi) is 3.60. The van der Waals surface area contributed by atoms with Gasteiger partial charge in [0.2, 0.25) is 0 Å². The van der Waals surface area contributed by atoms with Gasteiger partial charge in [0.05, 0.1) is 6.04 Å². The lowest BCUT2D eigenvalue weighted by atomic mass is 9.93. The first-order valence-electron chi connectivity index (χ1n) is 5.81. The van der Waals surface area contributed by atoms with E-state index < -0.39 is 0 Å². The lowest BCUT2D eigenvalue weighted by Crippen LogP contribution is -2.14. The van der Waals surface area contributed by atoms with Gasteiger partial charge in [-0.25, -0.2) is 0 Å². The Labute approximate surface area is 112 Å². The molecule has 0 amide bonds. The molecular weight excluding hydrogens is 246 g/mol. The van der Waals surface area contributed by atoms with Crippen LogP contribution in [0.4, 0.5) is 0 Å². The molecule has 0 aliphatic heterocycles. The van der Waals surface area contributed by atoms with E-state index in [2.05, 4.69) is 0 Å². The van der Waals surface area contributed by atoms with Crippen LogP contribution >= 0.6 is 11.6 Å². The van der Waals surface area contributed by atoms with Crippen LogP contribution in [0, 0.1) is 13.8 Å². The summed E-state index contributed by atoms with van der Waals surface area (Å²) in [4.78, 5) is 0. The SMILES string of the molecule is Cc1cc(O)c(C(N)c2ccccc2)c(C)c1Cl. The van der Waals surface area contributed by atoms with Crippen LogP contribution in [0.3, 0.4) is 0 Å². The van der Waals surface area contributed by atoms with Gasteiger partial charge >= 0.3 is 0 Å². The Morgan fingerprint density at radius 3 is 2.39 bits per heavy atom. The summed E-state index contributed by atoms with van der Waals surface area (Å²) < 4.78 is 0. The highest BCUT2D eigenvalue weighted by molar-refractivity contribution is 6.32. The standard InChI is InChI=1S/C15H16ClNO/c1-9-8-12(18)13(10(2)14(9)16)15(17)11-6-4-3-5-7-11/h3-8,15,18H,17H2,1-2H3. The normalized spacial score (nSPS) is 12.4. The van der Waals surface area contributed by atoms with E-state index >= 15 is 0 Å². The predicted octanol–water partition coefficient (Wildman–Crippen LogP) is 3.71. The van der Waals surface area contributed by atoms with Crippen molar-refractivity contribution in [1.29, 1.82) is 0 Å². The molecule has 2 rings (SSSR count). The topological polar surface area (TPSA) is 46.2 Å². The molecule has 2 nitrogen and oxygen atoms in total. The minimum Gasteiger partial charge on any atom is -0.508 e. The van der Waals surface area contributed by atoms with E-state index in [0.717, 1.165) is 16.7 Å². The number of halogens is 1. The number of aromatic hydroxyl groups is 1. The van der Waals surface area contributed by atoms with Crippen molar-refractivity contribution in [3.8, 4) is 5.75 Å². The highest BCUT2D eigenvalue weighted by Gasteiger charge is 2.18. The summed E-state index contributed by atoms with van der Waals surface area (Å²) in [6.07, 6.45) is 0. The molecule has 2 aromatic carbocycles. The summed E-state index contributed by atoms with van der Waals surface area (Å²) in [5.41, 5.74) is 9.56. The lowest BCUT2D eigenvalue weighted by molar-refractivity contribution is 0.464. The molecule has 0 heterocycles. The zero-order valence-electron chi connectivity index (χ0n) is 10.4. The third kappa shape index (κ3) is 2.22. The number of benzene rings is 2. The smallest absolute Gasteiger partial charge is 0.121 e. The number of nitrogens with two attached hydrogens (primary N) is 1. The molecule has 0 aromatic heterocycles. The Morgan fingerprint density at radius 2 is 1.78 bits per heavy atom. The highest BCUT2D eigenvalue weighted by Crippen LogP contribution is 2.36. The second-order valence-corrected chi connectivity index (χ2v) is 4.83. The summed E-state index contributed by atoms with van der Waals surface area (Å²) in [5, 5.41) is 10.8. The van der Waals surface area contributed by atoms with E-state index in [-0.39, 0.29) is 11.8 Å². The molecule has 0 aliphatic carbocycles. The van der Waals surface area contributed by atoms with Crippen molar-refractivity contribution in [2.24, 2.45) is 5.73 Å². The summed E-state index contributed by atoms with van der Waals surface area (Å²) >= 11 is 6.22. The van der Waals surface area contributed by atoms with E-state index in [1.807, 2.05) is 44.2 Å². The fraction of sp³-hybridized carbons (Fsp3) is 0.200. The van der Waals surface area contributed by atoms with Gasteiger partial charge in [0.15, 0.2) is 0 Å². The number of rotatable bonds is 2. The number of hydrogen-bond acceptors (Lipinski definition) is 2. The van der Waals surface area contributed by atoms with Crippen LogP contribution in [0.5, 0.6) is 5.75 Å². The maximum atomic E-state index is 10.1. The average Bonchev–Trinajstić information content (AvgIpc) is 2.37. The van der Waals surface area contributed by atoms with Gasteiger partial charge in [0, 0.05) is 10.6 Å². The number of hydrogen-bond donors (Lipinski definition) is 2. The summed E-state index contributed by atoms with van der Waals surface area (Å²) in [7, 11) is 0. The molecule has 0 saturated carbocycles. The molecule has 0 bridgehead atoms. The fourth-order valence-electron chi connectivity index (χ4n) is 2.17. The minimum absolute atomic E-state index is 0.200. The second kappa shape index (κ2) is 5.01. The molecule has 1 atom stereocenters. The van der Waals surface area contributed by atoms with Gasteiger partial charge in [-0.15, -0.1) is 0 Å². The molecule has 2 aromatic rings. The fourth-order valence-corrected chi connectivity index (χ4v) is 2.33. The van der Waals surface area contributed by atoms with Crippen molar-refractivity contribution in [3.63, 3.8) is 0 Å². The van der Waals surface area contributed by atoms with Gasteiger partial charge in [0.25, 0.3) is 0 Å². The quantitative estimate of drug-likeness (QED) is 0.866. The molecule has 1 unspecified atom stereocenters. The monoisotopic (exact) mass is 261 g/mol. The predicted molar refractivity (Wildman–Crippen MR) is 75.1 cm³/mol. The molecule has 3 heteroatoms. The van der Waals surface area contributed by atoms with E-state index in [1.54, 1.807) is 6.07 Å². The molecule has 94 valence electrons. The van der Waals surface area contributed by atoms with Crippen LogP contribution in [0.25, 0.3) is 0 Å². The van der Waals surface area contributed by atoms with Crippen LogP contribution in [0.1, 0.15) is 28.3 Å². The molecule has 0 radical (unpaired) electrons. The first kappa shape index (κ1) is 12.9. The lowest BCUT2D eigenvalue weighted by Gasteiger charge is -2.19. The minimum atomic E-state index is -0.371. The maximum absolute atomic E-state index is 10.1. The van der Waals surface area contributed by atoms with E-state index in [1.165, 1.54) is 0 Å². The van der Waals surface area contributed by atoms with Crippen LogP contribution in [0.15, 0.2) is 36.4 Å². The molecule has 0 saturated heterocycles. The number of phenols is 1. The van der Waals surface area contributed by atoms with Crippen LogP contribution in [-0.2, 0) is 0 Å². The van der Waals surface area contributed by atoms with Crippen molar-refractivity contribution in [1.82, 2.24) is 0 Å². The van der Waals surface area contributed by atoms with Gasteiger partial charge in [0.1, 0.15) is 5.75 Å². The first-order valence-corrected chi connectivity index (χ1v) is 6.19. The van der Waals surface area contributed by atoms with E-state index in [9.17, 15) is 5.11 Å². The van der Waals surface area contributed by atoms with E-state index in [4.69, 9.17) is 17.3 Å². The maximum Gasteiger partial charge on any atom is 0.121 e. The zero-order chi connectivity index (χ0) is 13.3. The molecule has 0 fully saturated rings. The van der Waals surface area contributed by atoms with Crippen LogP contribution in [0.2, 0.25) is 5.02 Å². The molecule has 0 aliphatic rings. The summed E-state index contributed by atoms with van der Waals surface area (Å²) in [6.45, 7) is 3.75. The molecular formula is C15H16ClNO.